The molecule has 0 saturated carbocycles. The topological polar surface area (TPSA) is 114 Å². The molecular formula is C35H45BrN4O5. The molecule has 2 N–H and O–H groups in total. The molecular weight excluding hydrogens is 636 g/mol. The van der Waals surface area contributed by atoms with E-state index >= 15 is 0 Å². The number of aromatic nitrogens is 2. The van der Waals surface area contributed by atoms with E-state index in [1.54, 1.807) is 30.9 Å². The summed E-state index contributed by atoms with van der Waals surface area (Å²) in [6.45, 7) is 6.28. The lowest BCUT2D eigenvalue weighted by Gasteiger charge is -2.25. The molecule has 0 spiro atoms. The Morgan fingerprint density at radius 1 is 0.978 bits per heavy atom. The summed E-state index contributed by atoms with van der Waals surface area (Å²) in [5, 5.41) is 17.1. The number of carboxylic acid groups (broad SMARTS) is 1. The minimum atomic E-state index is -1.43. The van der Waals surface area contributed by atoms with Gasteiger partial charge in [-0.2, -0.15) is 5.10 Å². The number of halogens is 1. The molecule has 45 heavy (non-hydrogen) atoms. The van der Waals surface area contributed by atoms with Crippen LogP contribution in [0.2, 0.25) is 0 Å². The van der Waals surface area contributed by atoms with Crippen LogP contribution in [-0.4, -0.2) is 45.8 Å². The van der Waals surface area contributed by atoms with Crippen LogP contribution in [-0.2, 0) is 16.0 Å². The first kappa shape index (κ1) is 34.2. The van der Waals surface area contributed by atoms with Crippen molar-refractivity contribution in [1.29, 1.82) is 0 Å². The highest BCUT2D eigenvalue weighted by Gasteiger charge is 2.39. The third kappa shape index (κ3) is 8.75. The average Bonchev–Trinajstić information content (AvgIpc) is 3.57. The van der Waals surface area contributed by atoms with Crippen LogP contribution in [0, 0.1) is 13.8 Å². The van der Waals surface area contributed by atoms with Gasteiger partial charge < -0.3 is 20.1 Å². The summed E-state index contributed by atoms with van der Waals surface area (Å²) in [5.74, 6) is -1.78. The van der Waals surface area contributed by atoms with Gasteiger partial charge in [0.2, 0.25) is 6.04 Å². The van der Waals surface area contributed by atoms with E-state index in [0.717, 1.165) is 28.6 Å². The molecule has 242 valence electrons. The van der Waals surface area contributed by atoms with Crippen molar-refractivity contribution in [3.63, 3.8) is 0 Å². The Morgan fingerprint density at radius 3 is 2.31 bits per heavy atom. The van der Waals surface area contributed by atoms with Gasteiger partial charge >= 0.3 is 5.97 Å². The number of amides is 2. The van der Waals surface area contributed by atoms with Crippen LogP contribution in [0.1, 0.15) is 104 Å². The third-order valence-electron chi connectivity index (χ3n) is 8.37. The van der Waals surface area contributed by atoms with Gasteiger partial charge in [-0.05, 0) is 56.5 Å². The monoisotopic (exact) mass is 680 g/mol. The molecule has 10 heteroatoms. The fourth-order valence-corrected chi connectivity index (χ4v) is 6.33. The fraction of sp³-hybridized carbons (Fsp3) is 0.486. The van der Waals surface area contributed by atoms with Gasteiger partial charge in [0.15, 0.2) is 0 Å². The summed E-state index contributed by atoms with van der Waals surface area (Å²) in [6, 6.07) is 11.5. The second-order valence-electron chi connectivity index (χ2n) is 11.7. The van der Waals surface area contributed by atoms with Gasteiger partial charge in [0.1, 0.15) is 11.3 Å². The fourth-order valence-electron chi connectivity index (χ4n) is 5.96. The van der Waals surface area contributed by atoms with Crippen LogP contribution in [0.3, 0.4) is 0 Å². The zero-order chi connectivity index (χ0) is 32.3. The number of aromatic carboxylic acids is 1. The molecule has 1 aliphatic heterocycles. The van der Waals surface area contributed by atoms with Crippen LogP contribution < -0.4 is 15.0 Å². The summed E-state index contributed by atoms with van der Waals surface area (Å²) in [4.78, 5) is 41.8. The quantitative estimate of drug-likeness (QED) is 0.110. The molecule has 9 nitrogen and oxygen atoms in total. The smallest absolute Gasteiger partial charge is 0.339 e. The molecule has 2 aromatic carbocycles. The molecule has 1 atom stereocenters. The molecule has 3 aromatic rings. The second kappa shape index (κ2) is 16.6. The Morgan fingerprint density at radius 2 is 1.64 bits per heavy atom. The van der Waals surface area contributed by atoms with Crippen LogP contribution in [0.15, 0.2) is 46.9 Å². The highest BCUT2D eigenvalue weighted by molar-refractivity contribution is 9.10. The van der Waals surface area contributed by atoms with E-state index in [0.29, 0.717) is 31.0 Å². The predicted octanol–water partition coefficient (Wildman–Crippen LogP) is 8.03. The molecule has 4 rings (SSSR count). The number of benzene rings is 2. The molecule has 1 unspecified atom stereocenters. The van der Waals surface area contributed by atoms with Gasteiger partial charge in [-0.1, -0.05) is 98.8 Å². The molecule has 2 heterocycles. The molecule has 0 fully saturated rings. The van der Waals surface area contributed by atoms with E-state index in [9.17, 15) is 19.5 Å². The van der Waals surface area contributed by atoms with E-state index in [-0.39, 0.29) is 17.0 Å². The van der Waals surface area contributed by atoms with Gasteiger partial charge in [-0.3, -0.25) is 9.59 Å². The Kier molecular flexibility index (Phi) is 12.6. The first-order valence-corrected chi connectivity index (χ1v) is 16.9. The van der Waals surface area contributed by atoms with Crippen molar-refractivity contribution in [2.24, 2.45) is 0 Å². The lowest BCUT2D eigenvalue weighted by atomic mass is 10.1. The number of hydrogen-bond acceptors (Lipinski definition) is 5. The lowest BCUT2D eigenvalue weighted by Crippen LogP contribution is -2.43. The predicted molar refractivity (Wildman–Crippen MR) is 180 cm³/mol. The van der Waals surface area contributed by atoms with Crippen molar-refractivity contribution in [1.82, 2.24) is 9.78 Å². The SMILES string of the molecule is CCCCCCCCCCCCOc1ccc(Br)cc1NC(=O)C(C(=O)N1CCc2ccccc21)n1nc(C)c(C(=O)O)c1C. The van der Waals surface area contributed by atoms with Crippen LogP contribution in [0.5, 0.6) is 5.75 Å². The molecule has 1 aliphatic rings. The largest absolute Gasteiger partial charge is 0.491 e. The van der Waals surface area contributed by atoms with Crippen molar-refractivity contribution in [2.45, 2.75) is 97.4 Å². The number of fused-ring (bicyclic) bond motifs is 1. The maximum Gasteiger partial charge on any atom is 0.339 e. The molecule has 0 bridgehead atoms. The van der Waals surface area contributed by atoms with E-state index < -0.39 is 23.8 Å². The van der Waals surface area contributed by atoms with E-state index in [2.05, 4.69) is 33.3 Å². The van der Waals surface area contributed by atoms with Gasteiger partial charge in [0.25, 0.3) is 11.8 Å². The Balaban J connectivity index is 1.47. The summed E-state index contributed by atoms with van der Waals surface area (Å²) >= 11 is 3.48. The molecule has 0 radical (unpaired) electrons. The summed E-state index contributed by atoms with van der Waals surface area (Å²) in [6.07, 6.45) is 12.9. The summed E-state index contributed by atoms with van der Waals surface area (Å²) < 4.78 is 8.08. The first-order chi connectivity index (χ1) is 21.7. The average molecular weight is 682 g/mol. The zero-order valence-corrected chi connectivity index (χ0v) is 28.2. The molecule has 0 saturated heterocycles. The van der Waals surface area contributed by atoms with Gasteiger partial charge in [0, 0.05) is 16.7 Å². The number of unbranched alkanes of at least 4 members (excludes halogenated alkanes) is 9. The number of carboxylic acids is 1. The van der Waals surface area contributed by atoms with Gasteiger partial charge in [-0.15, -0.1) is 0 Å². The number of carbonyl (C=O) groups is 3. The standard InChI is InChI=1S/C35H45BrN4O5/c1-4-5-6-7-8-9-10-11-12-15-22-45-30-19-18-27(36)23-28(30)37-33(41)32(40-25(3)31(35(43)44)24(2)38-40)34(42)39-21-20-26-16-13-14-17-29(26)39/h13-14,16-19,23,32H,4-12,15,20-22H2,1-3H3,(H,37,41)(H,43,44). The highest BCUT2D eigenvalue weighted by atomic mass is 79.9. The maximum atomic E-state index is 14.1. The number of anilines is 2. The minimum Gasteiger partial charge on any atom is -0.491 e. The Labute approximate surface area is 274 Å². The third-order valence-corrected chi connectivity index (χ3v) is 8.87. The molecule has 0 aliphatic carbocycles. The van der Waals surface area contributed by atoms with Crippen LogP contribution in [0.4, 0.5) is 11.4 Å². The molecule has 2 amide bonds. The van der Waals surface area contributed by atoms with Crippen molar-refractivity contribution in [3.05, 3.63) is 69.5 Å². The highest BCUT2D eigenvalue weighted by Crippen LogP contribution is 2.33. The number of carbonyl (C=O) groups excluding carboxylic acids is 2. The number of ether oxygens (including phenoxy) is 1. The number of para-hydroxylation sites is 1. The van der Waals surface area contributed by atoms with Crippen molar-refractivity contribution >= 4 is 45.1 Å². The number of hydrogen-bond donors (Lipinski definition) is 2. The second-order valence-corrected chi connectivity index (χ2v) is 12.6. The van der Waals surface area contributed by atoms with E-state index in [4.69, 9.17) is 4.74 Å². The van der Waals surface area contributed by atoms with Gasteiger partial charge in [-0.25, -0.2) is 9.48 Å². The normalized spacial score (nSPS) is 13.0. The number of nitrogens with one attached hydrogen (secondary N) is 1. The summed E-state index contributed by atoms with van der Waals surface area (Å²) in [5.41, 5.74) is 2.61. The van der Waals surface area contributed by atoms with E-state index in [1.165, 1.54) is 56.0 Å². The minimum absolute atomic E-state index is 0.0228. The van der Waals surface area contributed by atoms with Crippen LogP contribution >= 0.6 is 15.9 Å². The molecule has 1 aromatic heterocycles. The van der Waals surface area contributed by atoms with E-state index in [1.807, 2.05) is 30.3 Å². The van der Waals surface area contributed by atoms with Crippen LogP contribution in [0.25, 0.3) is 0 Å². The number of nitrogens with zero attached hydrogens (tertiary/aromatic N) is 3. The number of aryl methyl sites for hydroxylation is 1. The zero-order valence-electron chi connectivity index (χ0n) is 26.6. The van der Waals surface area contributed by atoms with Crippen molar-refractivity contribution in [2.75, 3.05) is 23.4 Å². The number of rotatable bonds is 17. The summed E-state index contributed by atoms with van der Waals surface area (Å²) in [7, 11) is 0. The Hall–Kier alpha value is -3.66. The lowest BCUT2D eigenvalue weighted by molar-refractivity contribution is -0.130. The van der Waals surface area contributed by atoms with Crippen molar-refractivity contribution in [3.8, 4) is 5.75 Å². The van der Waals surface area contributed by atoms with Gasteiger partial charge in [0.05, 0.1) is 23.7 Å². The first-order valence-electron chi connectivity index (χ1n) is 16.1. The maximum absolute atomic E-state index is 14.1. The Bertz CT molecular complexity index is 1490. The van der Waals surface area contributed by atoms with Crippen molar-refractivity contribution < 1.29 is 24.2 Å².